The number of halogens is 1. The molecule has 0 saturated carbocycles. The third-order valence-electron chi connectivity index (χ3n) is 3.79. The van der Waals surface area contributed by atoms with Crippen molar-refractivity contribution in [3.63, 3.8) is 0 Å². The molecular formula is C18H14ClNO4S2. The Labute approximate surface area is 164 Å². The van der Waals surface area contributed by atoms with Crippen LogP contribution >= 0.6 is 35.6 Å². The maximum Gasteiger partial charge on any atom is 0.308 e. The summed E-state index contributed by atoms with van der Waals surface area (Å²) in [6, 6.07) is 10.8. The topological polar surface area (TPSA) is 70.8 Å². The number of benzene rings is 1. The van der Waals surface area contributed by atoms with Crippen molar-refractivity contribution in [2.45, 2.75) is 6.92 Å². The summed E-state index contributed by atoms with van der Waals surface area (Å²) < 4.78 is 6.11. The zero-order valence-corrected chi connectivity index (χ0v) is 16.0. The highest BCUT2D eigenvalue weighted by Gasteiger charge is 2.34. The molecule has 1 unspecified atom stereocenters. The Bertz CT molecular complexity index is 921. The Morgan fingerprint density at radius 2 is 2.12 bits per heavy atom. The molecule has 1 N–H and O–H groups in total. The molecule has 1 fully saturated rings. The number of thioether (sulfide) groups is 1. The van der Waals surface area contributed by atoms with E-state index in [1.807, 2.05) is 18.2 Å². The Hall–Kier alpha value is -2.09. The normalized spacial score (nSPS) is 17.2. The number of thiocarbonyl (C=S) groups is 1. The molecule has 8 heteroatoms. The Morgan fingerprint density at radius 3 is 2.81 bits per heavy atom. The SMILES string of the molecule is CC(CN1C(=O)C(=Cc2ccc(-c3ccccc3Cl)o2)SC1=S)C(=O)O. The third kappa shape index (κ3) is 3.85. The minimum atomic E-state index is -0.974. The molecule has 2 heterocycles. The number of carbonyl (C=O) groups excluding carboxylic acids is 1. The van der Waals surface area contributed by atoms with Crippen LogP contribution in [0.4, 0.5) is 0 Å². The monoisotopic (exact) mass is 407 g/mol. The Kier molecular flexibility index (Phi) is 5.50. The first-order chi connectivity index (χ1) is 12.4. The van der Waals surface area contributed by atoms with Crippen LogP contribution in [0.15, 0.2) is 45.7 Å². The van der Waals surface area contributed by atoms with Gasteiger partial charge < -0.3 is 9.52 Å². The summed E-state index contributed by atoms with van der Waals surface area (Å²) in [5.74, 6) is -0.905. The van der Waals surface area contributed by atoms with E-state index in [1.165, 1.54) is 11.8 Å². The molecule has 3 rings (SSSR count). The summed E-state index contributed by atoms with van der Waals surface area (Å²) in [7, 11) is 0. The lowest BCUT2D eigenvalue weighted by Gasteiger charge is -2.16. The molecule has 1 saturated heterocycles. The summed E-state index contributed by atoms with van der Waals surface area (Å²) in [5.41, 5.74) is 0.761. The summed E-state index contributed by atoms with van der Waals surface area (Å²) >= 11 is 12.5. The highest BCUT2D eigenvalue weighted by Crippen LogP contribution is 2.35. The average molecular weight is 408 g/mol. The molecule has 134 valence electrons. The highest BCUT2D eigenvalue weighted by atomic mass is 35.5. The molecule has 2 aromatic rings. The molecule has 0 spiro atoms. The fourth-order valence-corrected chi connectivity index (χ4v) is 3.86. The first kappa shape index (κ1) is 18.7. The van der Waals surface area contributed by atoms with E-state index in [0.29, 0.717) is 25.8 Å². The molecule has 1 amide bonds. The molecule has 0 radical (unpaired) electrons. The van der Waals surface area contributed by atoms with Crippen LogP contribution < -0.4 is 0 Å². The van der Waals surface area contributed by atoms with Gasteiger partial charge in [0.15, 0.2) is 0 Å². The predicted molar refractivity (Wildman–Crippen MR) is 106 cm³/mol. The fraction of sp³-hybridized carbons (Fsp3) is 0.167. The van der Waals surface area contributed by atoms with Gasteiger partial charge in [-0.1, -0.05) is 54.6 Å². The van der Waals surface area contributed by atoms with Gasteiger partial charge in [0.1, 0.15) is 15.8 Å². The number of amides is 1. The van der Waals surface area contributed by atoms with Crippen LogP contribution in [0.5, 0.6) is 0 Å². The molecule has 1 aromatic heterocycles. The van der Waals surface area contributed by atoms with Gasteiger partial charge in [0.05, 0.1) is 15.8 Å². The van der Waals surface area contributed by atoms with Crippen LogP contribution in [0.25, 0.3) is 17.4 Å². The second kappa shape index (κ2) is 7.65. The van der Waals surface area contributed by atoms with E-state index >= 15 is 0 Å². The molecule has 5 nitrogen and oxygen atoms in total. The van der Waals surface area contributed by atoms with Gasteiger partial charge in [0.25, 0.3) is 5.91 Å². The van der Waals surface area contributed by atoms with E-state index in [4.69, 9.17) is 33.3 Å². The van der Waals surface area contributed by atoms with Crippen LogP contribution in [0.1, 0.15) is 12.7 Å². The summed E-state index contributed by atoms with van der Waals surface area (Å²) in [6.07, 6.45) is 1.60. The van der Waals surface area contributed by atoms with Gasteiger partial charge in [-0.05, 0) is 24.3 Å². The largest absolute Gasteiger partial charge is 0.481 e. The molecule has 1 atom stereocenters. The summed E-state index contributed by atoms with van der Waals surface area (Å²) in [6.45, 7) is 1.58. The number of aliphatic carboxylic acids is 1. The summed E-state index contributed by atoms with van der Waals surface area (Å²) in [5, 5.41) is 9.59. The number of carboxylic acid groups (broad SMARTS) is 1. The van der Waals surface area contributed by atoms with E-state index < -0.39 is 11.9 Å². The third-order valence-corrected chi connectivity index (χ3v) is 5.50. The number of hydrogen-bond acceptors (Lipinski definition) is 5. The second-order valence-electron chi connectivity index (χ2n) is 5.71. The van der Waals surface area contributed by atoms with Crippen molar-refractivity contribution >= 4 is 57.9 Å². The van der Waals surface area contributed by atoms with Crippen LogP contribution in [-0.4, -0.2) is 32.7 Å². The smallest absolute Gasteiger partial charge is 0.308 e. The molecule has 1 aliphatic rings. The van der Waals surface area contributed by atoms with Crippen molar-refractivity contribution in [2.75, 3.05) is 6.54 Å². The van der Waals surface area contributed by atoms with E-state index in [2.05, 4.69) is 0 Å². The van der Waals surface area contributed by atoms with E-state index in [9.17, 15) is 9.59 Å². The lowest BCUT2D eigenvalue weighted by molar-refractivity contribution is -0.141. The minimum Gasteiger partial charge on any atom is -0.481 e. The van der Waals surface area contributed by atoms with Gasteiger partial charge in [-0.25, -0.2) is 0 Å². The number of nitrogens with zero attached hydrogens (tertiary/aromatic N) is 1. The van der Waals surface area contributed by atoms with Gasteiger partial charge in [-0.15, -0.1) is 0 Å². The average Bonchev–Trinajstić information content (AvgIpc) is 3.15. The number of furan rings is 1. The quantitative estimate of drug-likeness (QED) is 0.580. The van der Waals surface area contributed by atoms with Gasteiger partial charge in [0, 0.05) is 18.2 Å². The van der Waals surface area contributed by atoms with Gasteiger partial charge in [0.2, 0.25) is 0 Å². The molecular weight excluding hydrogens is 394 g/mol. The Morgan fingerprint density at radius 1 is 1.38 bits per heavy atom. The van der Waals surface area contributed by atoms with E-state index in [-0.39, 0.29) is 12.5 Å². The number of carbonyl (C=O) groups is 2. The lowest BCUT2D eigenvalue weighted by atomic mass is 10.2. The first-order valence-electron chi connectivity index (χ1n) is 7.69. The zero-order chi connectivity index (χ0) is 18.8. The number of carboxylic acids is 1. The van der Waals surface area contributed by atoms with Gasteiger partial charge in [-0.2, -0.15) is 0 Å². The first-order valence-corrected chi connectivity index (χ1v) is 9.30. The summed E-state index contributed by atoms with van der Waals surface area (Å²) in [4.78, 5) is 25.2. The van der Waals surface area contributed by atoms with Crippen molar-refractivity contribution in [1.29, 1.82) is 0 Å². The van der Waals surface area contributed by atoms with Crippen LogP contribution in [-0.2, 0) is 9.59 Å². The van der Waals surface area contributed by atoms with Crippen LogP contribution in [0.3, 0.4) is 0 Å². The van der Waals surface area contributed by atoms with Crippen LogP contribution in [0, 0.1) is 5.92 Å². The van der Waals surface area contributed by atoms with Gasteiger partial charge in [-0.3, -0.25) is 14.5 Å². The standard InChI is InChI=1S/C18H14ClNO4S2/c1-10(17(22)23)9-20-16(21)15(26-18(20)25)8-11-6-7-14(24-11)12-4-2-3-5-13(12)19/h2-8,10H,9H2,1H3,(H,22,23). The minimum absolute atomic E-state index is 0.0420. The number of hydrogen-bond donors (Lipinski definition) is 1. The lowest BCUT2D eigenvalue weighted by Crippen LogP contribution is -2.34. The van der Waals surface area contributed by atoms with E-state index in [1.54, 1.807) is 24.3 Å². The number of rotatable bonds is 5. The van der Waals surface area contributed by atoms with Gasteiger partial charge >= 0.3 is 5.97 Å². The maximum absolute atomic E-state index is 12.5. The highest BCUT2D eigenvalue weighted by molar-refractivity contribution is 8.26. The van der Waals surface area contributed by atoms with Crippen molar-refractivity contribution in [3.05, 3.63) is 52.1 Å². The molecule has 0 aliphatic carbocycles. The fourth-order valence-electron chi connectivity index (χ4n) is 2.37. The Balaban J connectivity index is 1.81. The molecule has 0 bridgehead atoms. The van der Waals surface area contributed by atoms with Crippen LogP contribution in [0.2, 0.25) is 5.02 Å². The van der Waals surface area contributed by atoms with Crippen molar-refractivity contribution in [1.82, 2.24) is 4.90 Å². The van der Waals surface area contributed by atoms with Crippen molar-refractivity contribution in [3.8, 4) is 11.3 Å². The van der Waals surface area contributed by atoms with E-state index in [0.717, 1.165) is 17.3 Å². The molecule has 1 aromatic carbocycles. The maximum atomic E-state index is 12.5. The van der Waals surface area contributed by atoms with Crippen molar-refractivity contribution < 1.29 is 19.1 Å². The predicted octanol–water partition coefficient (Wildman–Crippen LogP) is 4.52. The second-order valence-corrected chi connectivity index (χ2v) is 7.80. The zero-order valence-electron chi connectivity index (χ0n) is 13.6. The van der Waals surface area contributed by atoms with Crippen molar-refractivity contribution in [2.24, 2.45) is 5.92 Å². The molecule has 26 heavy (non-hydrogen) atoms. The molecule has 1 aliphatic heterocycles.